The Bertz CT molecular complexity index is 409. The normalized spacial score (nSPS) is 12.9. The molecule has 0 saturated heterocycles. The van der Waals surface area contributed by atoms with E-state index in [2.05, 4.69) is 56.1 Å². The van der Waals surface area contributed by atoms with Gasteiger partial charge in [0.25, 0.3) is 0 Å². The van der Waals surface area contributed by atoms with Gasteiger partial charge >= 0.3 is 0 Å². The topological polar surface area (TPSA) is 41.7 Å². The second-order valence-electron chi connectivity index (χ2n) is 6.13. The van der Waals surface area contributed by atoms with Crippen molar-refractivity contribution < 1.29 is 4.74 Å². The summed E-state index contributed by atoms with van der Waals surface area (Å²) in [5, 5.41) is 0. The molecule has 2 N–H and O–H groups in total. The summed E-state index contributed by atoms with van der Waals surface area (Å²) in [6, 6.07) is 8.52. The minimum Gasteiger partial charge on any atom is -0.493 e. The zero-order valence-electron chi connectivity index (χ0n) is 14.7. The van der Waals surface area contributed by atoms with Crippen molar-refractivity contribution in [2.45, 2.75) is 32.2 Å². The fraction of sp³-hybridized carbons (Fsp3) is 0.667. The van der Waals surface area contributed by atoms with Crippen molar-refractivity contribution in [1.82, 2.24) is 9.80 Å². The maximum atomic E-state index is 6.04. The molecule has 0 radical (unpaired) electrons. The molecule has 0 spiro atoms. The average Bonchev–Trinajstić information content (AvgIpc) is 2.51. The third kappa shape index (κ3) is 6.34. The molecule has 0 aliphatic carbocycles. The smallest absolute Gasteiger partial charge is 0.124 e. The molecule has 1 rings (SSSR count). The van der Waals surface area contributed by atoms with E-state index in [9.17, 15) is 0 Å². The number of benzene rings is 1. The van der Waals surface area contributed by atoms with Gasteiger partial charge in [-0.05, 0) is 46.6 Å². The minimum atomic E-state index is 0.219. The van der Waals surface area contributed by atoms with Crippen LogP contribution in [0.1, 0.15) is 37.8 Å². The van der Waals surface area contributed by atoms with Crippen molar-refractivity contribution in [3.05, 3.63) is 29.8 Å². The molecule has 126 valence electrons. The molecule has 4 heteroatoms. The Balaban J connectivity index is 2.71. The van der Waals surface area contributed by atoms with Gasteiger partial charge in [0.2, 0.25) is 0 Å². The van der Waals surface area contributed by atoms with Crippen molar-refractivity contribution in [3.8, 4) is 5.75 Å². The fourth-order valence-corrected chi connectivity index (χ4v) is 2.56. The Morgan fingerprint density at radius 2 is 1.82 bits per heavy atom. The molecule has 0 heterocycles. The molecule has 4 nitrogen and oxygen atoms in total. The van der Waals surface area contributed by atoms with Crippen LogP contribution in [-0.2, 0) is 0 Å². The molecule has 1 aromatic rings. The number of likely N-dealkylation sites (N-methyl/N-ethyl adjacent to an activating group) is 1. The number of unbranched alkanes of at least 4 members (excludes halogenated alkanes) is 1. The SMILES string of the molecule is CCCCN(C)C(CN)c1ccccc1OCCCN(C)C. The molecule has 0 amide bonds. The lowest BCUT2D eigenvalue weighted by molar-refractivity contribution is 0.232. The van der Waals surface area contributed by atoms with E-state index in [1.54, 1.807) is 0 Å². The van der Waals surface area contributed by atoms with Crippen LogP contribution in [0.15, 0.2) is 24.3 Å². The van der Waals surface area contributed by atoms with Crippen LogP contribution in [0.4, 0.5) is 0 Å². The van der Waals surface area contributed by atoms with E-state index >= 15 is 0 Å². The molecule has 1 unspecified atom stereocenters. The van der Waals surface area contributed by atoms with Crippen LogP contribution in [0, 0.1) is 0 Å². The lowest BCUT2D eigenvalue weighted by atomic mass is 10.0. The van der Waals surface area contributed by atoms with Crippen molar-refractivity contribution in [3.63, 3.8) is 0 Å². The Hall–Kier alpha value is -1.10. The van der Waals surface area contributed by atoms with E-state index in [-0.39, 0.29) is 6.04 Å². The summed E-state index contributed by atoms with van der Waals surface area (Å²) in [4.78, 5) is 4.52. The summed E-state index contributed by atoms with van der Waals surface area (Å²) in [5.41, 5.74) is 7.24. The first-order chi connectivity index (χ1) is 10.6. The Morgan fingerprint density at radius 3 is 2.45 bits per heavy atom. The number of nitrogens with zero attached hydrogens (tertiary/aromatic N) is 2. The maximum Gasteiger partial charge on any atom is 0.124 e. The molecule has 1 atom stereocenters. The molecule has 0 aromatic heterocycles. The van der Waals surface area contributed by atoms with E-state index in [1.165, 1.54) is 18.4 Å². The molecule has 0 aliphatic rings. The third-order valence-electron chi connectivity index (χ3n) is 3.90. The lowest BCUT2D eigenvalue weighted by Gasteiger charge is -2.28. The Kier molecular flexibility index (Phi) is 9.13. The van der Waals surface area contributed by atoms with Crippen LogP contribution in [0.2, 0.25) is 0 Å². The molecule has 0 aliphatic heterocycles. The van der Waals surface area contributed by atoms with Crippen molar-refractivity contribution >= 4 is 0 Å². The van der Waals surface area contributed by atoms with Gasteiger partial charge in [0, 0.05) is 18.7 Å². The average molecular weight is 307 g/mol. The van der Waals surface area contributed by atoms with Crippen molar-refractivity contribution in [2.24, 2.45) is 5.73 Å². The summed E-state index contributed by atoms with van der Waals surface area (Å²) < 4.78 is 6.02. The van der Waals surface area contributed by atoms with Crippen molar-refractivity contribution in [2.75, 3.05) is 47.4 Å². The van der Waals surface area contributed by atoms with Crippen LogP contribution >= 0.6 is 0 Å². The minimum absolute atomic E-state index is 0.219. The second-order valence-corrected chi connectivity index (χ2v) is 6.13. The highest BCUT2D eigenvalue weighted by atomic mass is 16.5. The van der Waals surface area contributed by atoms with E-state index in [0.717, 1.165) is 31.9 Å². The summed E-state index contributed by atoms with van der Waals surface area (Å²) in [6.07, 6.45) is 3.42. The van der Waals surface area contributed by atoms with Gasteiger partial charge in [-0.3, -0.25) is 4.90 Å². The number of nitrogens with two attached hydrogens (primary N) is 1. The second kappa shape index (κ2) is 10.6. The van der Waals surface area contributed by atoms with Gasteiger partial charge in [-0.15, -0.1) is 0 Å². The van der Waals surface area contributed by atoms with Crippen molar-refractivity contribution in [1.29, 1.82) is 0 Å². The van der Waals surface area contributed by atoms with Gasteiger partial charge in [-0.25, -0.2) is 0 Å². The van der Waals surface area contributed by atoms with E-state index in [0.29, 0.717) is 6.54 Å². The molecule has 22 heavy (non-hydrogen) atoms. The first kappa shape index (κ1) is 18.9. The first-order valence-corrected chi connectivity index (χ1v) is 8.36. The predicted octanol–water partition coefficient (Wildman–Crippen LogP) is 2.75. The maximum absolute atomic E-state index is 6.04. The molecular formula is C18H33N3O. The van der Waals surface area contributed by atoms with Gasteiger partial charge in [-0.2, -0.15) is 0 Å². The molecular weight excluding hydrogens is 274 g/mol. The summed E-state index contributed by atoms with van der Waals surface area (Å²) >= 11 is 0. The summed E-state index contributed by atoms with van der Waals surface area (Å²) in [5.74, 6) is 0.972. The Labute approximate surface area is 136 Å². The largest absolute Gasteiger partial charge is 0.493 e. The number of hydrogen-bond donors (Lipinski definition) is 1. The third-order valence-corrected chi connectivity index (χ3v) is 3.90. The fourth-order valence-electron chi connectivity index (χ4n) is 2.56. The molecule has 0 fully saturated rings. The number of hydrogen-bond acceptors (Lipinski definition) is 4. The number of para-hydroxylation sites is 1. The summed E-state index contributed by atoms with van der Waals surface area (Å²) in [6.45, 7) is 5.67. The van der Waals surface area contributed by atoms with Gasteiger partial charge in [-0.1, -0.05) is 31.5 Å². The lowest BCUT2D eigenvalue weighted by Crippen LogP contribution is -2.31. The summed E-state index contributed by atoms with van der Waals surface area (Å²) in [7, 11) is 6.32. The van der Waals surface area contributed by atoms with Gasteiger partial charge in [0.1, 0.15) is 5.75 Å². The highest BCUT2D eigenvalue weighted by Gasteiger charge is 2.18. The van der Waals surface area contributed by atoms with Crippen LogP contribution in [0.25, 0.3) is 0 Å². The molecule has 1 aromatic carbocycles. The zero-order chi connectivity index (χ0) is 16.4. The first-order valence-electron chi connectivity index (χ1n) is 8.36. The van der Waals surface area contributed by atoms with Crippen LogP contribution in [-0.4, -0.2) is 57.2 Å². The number of rotatable bonds is 11. The van der Waals surface area contributed by atoms with Gasteiger partial charge < -0.3 is 15.4 Å². The van der Waals surface area contributed by atoms with E-state index in [1.807, 2.05) is 6.07 Å². The van der Waals surface area contributed by atoms with Gasteiger partial charge in [0.15, 0.2) is 0 Å². The standard InChI is InChI=1S/C18H33N3O/c1-5-6-13-21(4)17(15-19)16-10-7-8-11-18(16)22-14-9-12-20(2)3/h7-8,10-11,17H,5-6,9,12-15,19H2,1-4H3. The van der Waals surface area contributed by atoms with Gasteiger partial charge in [0.05, 0.1) is 12.6 Å². The van der Waals surface area contributed by atoms with Crippen LogP contribution in [0.3, 0.4) is 0 Å². The quantitative estimate of drug-likeness (QED) is 0.638. The Morgan fingerprint density at radius 1 is 1.09 bits per heavy atom. The monoisotopic (exact) mass is 307 g/mol. The number of ether oxygens (including phenoxy) is 1. The highest BCUT2D eigenvalue weighted by Crippen LogP contribution is 2.28. The van der Waals surface area contributed by atoms with E-state index < -0.39 is 0 Å². The molecule has 0 bridgehead atoms. The van der Waals surface area contributed by atoms with Crippen LogP contribution < -0.4 is 10.5 Å². The van der Waals surface area contributed by atoms with Crippen LogP contribution in [0.5, 0.6) is 5.75 Å². The van der Waals surface area contributed by atoms with E-state index in [4.69, 9.17) is 10.5 Å². The predicted molar refractivity (Wildman–Crippen MR) is 94.4 cm³/mol. The zero-order valence-corrected chi connectivity index (χ0v) is 14.7. The molecule has 0 saturated carbocycles. The highest BCUT2D eigenvalue weighted by molar-refractivity contribution is 5.36.